The van der Waals surface area contributed by atoms with Crippen molar-refractivity contribution in [1.82, 2.24) is 4.98 Å². The summed E-state index contributed by atoms with van der Waals surface area (Å²) >= 11 is 6.14. The Bertz CT molecular complexity index is 1270. The van der Waals surface area contributed by atoms with Gasteiger partial charge in [-0.1, -0.05) is 17.7 Å². The zero-order valence-electron chi connectivity index (χ0n) is 17.0. The van der Waals surface area contributed by atoms with Crippen LogP contribution in [0.15, 0.2) is 42.6 Å². The average Bonchev–Trinajstić information content (AvgIpc) is 3.26. The Balaban J connectivity index is 1.72. The molecule has 0 bridgehead atoms. The van der Waals surface area contributed by atoms with Crippen molar-refractivity contribution < 1.29 is 32.2 Å². The Morgan fingerprint density at radius 1 is 1.00 bits per heavy atom. The number of carbonyl (C=O) groups is 1. The highest BCUT2D eigenvalue weighted by Gasteiger charge is 2.23. The first kappa shape index (κ1) is 22.8. The minimum absolute atomic E-state index is 0.0689. The van der Waals surface area contributed by atoms with Gasteiger partial charge >= 0.3 is 5.97 Å². The molecule has 1 aliphatic rings. The Hall–Kier alpha value is -3.39. The number of rotatable bonds is 6. The third-order valence-electron chi connectivity index (χ3n) is 5.33. The number of pyridine rings is 1. The zero-order valence-corrected chi connectivity index (χ0v) is 17.7. The van der Waals surface area contributed by atoms with Gasteiger partial charge in [0.25, 0.3) is 0 Å². The lowest BCUT2D eigenvalue weighted by Gasteiger charge is -2.14. The molecule has 1 aromatic heterocycles. The van der Waals surface area contributed by atoms with E-state index in [1.54, 1.807) is 6.07 Å². The molecule has 33 heavy (non-hydrogen) atoms. The van der Waals surface area contributed by atoms with Crippen LogP contribution in [-0.2, 0) is 6.61 Å². The van der Waals surface area contributed by atoms with E-state index in [1.165, 1.54) is 18.3 Å². The molecule has 4 rings (SSSR count). The number of ether oxygens (including phenoxy) is 1. The molecule has 0 saturated heterocycles. The lowest BCUT2D eigenvalue weighted by molar-refractivity contribution is 0.0692. The fourth-order valence-electron chi connectivity index (χ4n) is 3.84. The Morgan fingerprint density at radius 2 is 1.70 bits per heavy atom. The number of aromatic carboxylic acids is 1. The molecule has 0 spiro atoms. The maximum absolute atomic E-state index is 13.9. The van der Waals surface area contributed by atoms with E-state index >= 15 is 0 Å². The summed E-state index contributed by atoms with van der Waals surface area (Å²) in [7, 11) is 0. The Kier molecular flexibility index (Phi) is 6.37. The molecule has 0 amide bonds. The lowest BCUT2D eigenvalue weighted by atomic mass is 9.96. The number of hydrogen-bond acceptors (Lipinski definition) is 3. The predicted octanol–water partition coefficient (Wildman–Crippen LogP) is 6.66. The number of benzene rings is 2. The van der Waals surface area contributed by atoms with E-state index in [9.17, 15) is 27.5 Å². The van der Waals surface area contributed by atoms with Crippen molar-refractivity contribution in [1.29, 1.82) is 0 Å². The van der Waals surface area contributed by atoms with Gasteiger partial charge in [0.1, 0.15) is 12.4 Å². The fourth-order valence-corrected chi connectivity index (χ4v) is 4.00. The number of carboxylic acid groups (broad SMARTS) is 1. The summed E-state index contributed by atoms with van der Waals surface area (Å²) in [5, 5.41) is 9.57. The summed E-state index contributed by atoms with van der Waals surface area (Å²) in [4.78, 5) is 15.5. The summed E-state index contributed by atoms with van der Waals surface area (Å²) in [6, 6.07) is 7.18. The van der Waals surface area contributed by atoms with E-state index in [0.29, 0.717) is 29.0 Å². The van der Waals surface area contributed by atoms with Crippen molar-refractivity contribution in [3.05, 3.63) is 93.1 Å². The van der Waals surface area contributed by atoms with Crippen molar-refractivity contribution >= 4 is 28.7 Å². The first-order valence-corrected chi connectivity index (χ1v) is 10.3. The van der Waals surface area contributed by atoms with Crippen molar-refractivity contribution in [3.8, 4) is 5.88 Å². The van der Waals surface area contributed by atoms with E-state index in [4.69, 9.17) is 16.3 Å². The van der Waals surface area contributed by atoms with Crippen molar-refractivity contribution in [2.45, 2.75) is 25.9 Å². The second-order valence-electron chi connectivity index (χ2n) is 7.48. The van der Waals surface area contributed by atoms with E-state index < -0.39 is 34.8 Å². The van der Waals surface area contributed by atoms with Crippen molar-refractivity contribution in [2.24, 2.45) is 0 Å². The molecule has 0 fully saturated rings. The topological polar surface area (TPSA) is 59.4 Å². The van der Waals surface area contributed by atoms with Crippen LogP contribution in [0.3, 0.4) is 0 Å². The fraction of sp³-hybridized carbons (Fsp3) is 0.167. The minimum Gasteiger partial charge on any atom is -0.478 e. The van der Waals surface area contributed by atoms with Gasteiger partial charge in [0.2, 0.25) is 5.88 Å². The van der Waals surface area contributed by atoms with Gasteiger partial charge < -0.3 is 9.84 Å². The number of halogens is 5. The van der Waals surface area contributed by atoms with Gasteiger partial charge in [-0.2, -0.15) is 0 Å². The molecule has 0 unspecified atom stereocenters. The molecule has 1 aliphatic carbocycles. The number of aromatic nitrogens is 1. The molecule has 0 atom stereocenters. The third-order valence-corrected chi connectivity index (χ3v) is 5.53. The van der Waals surface area contributed by atoms with Gasteiger partial charge in [-0.05, 0) is 71.9 Å². The highest BCUT2D eigenvalue weighted by molar-refractivity contribution is 6.30. The van der Waals surface area contributed by atoms with Crippen LogP contribution in [0.5, 0.6) is 5.88 Å². The zero-order chi connectivity index (χ0) is 23.7. The highest BCUT2D eigenvalue weighted by atomic mass is 35.5. The monoisotopic (exact) mass is 477 g/mol. The van der Waals surface area contributed by atoms with E-state index in [2.05, 4.69) is 4.98 Å². The van der Waals surface area contributed by atoms with E-state index in [-0.39, 0.29) is 18.1 Å². The second-order valence-corrected chi connectivity index (χ2v) is 7.92. The molecular weight excluding hydrogens is 462 g/mol. The van der Waals surface area contributed by atoms with E-state index in [0.717, 1.165) is 35.8 Å². The van der Waals surface area contributed by atoms with Gasteiger partial charge in [0.05, 0.1) is 10.6 Å². The quantitative estimate of drug-likeness (QED) is 0.318. The first-order chi connectivity index (χ1) is 15.7. The summed E-state index contributed by atoms with van der Waals surface area (Å²) in [6.07, 6.45) is 3.32. The first-order valence-electron chi connectivity index (χ1n) is 9.92. The second kappa shape index (κ2) is 9.23. The third kappa shape index (κ3) is 4.71. The highest BCUT2D eigenvalue weighted by Crippen LogP contribution is 2.43. The molecule has 4 nitrogen and oxygen atoms in total. The molecule has 1 heterocycles. The largest absolute Gasteiger partial charge is 0.478 e. The van der Waals surface area contributed by atoms with Crippen LogP contribution in [0.2, 0.25) is 5.02 Å². The van der Waals surface area contributed by atoms with Crippen LogP contribution in [0, 0.1) is 23.3 Å². The SMILES string of the molecule is O=C(O)c1cc(C2=C(c3cc(Cl)cnc3OCc3cc(F)c(F)c(F)c3)CCC2)ccc1F. The molecule has 0 saturated carbocycles. The van der Waals surface area contributed by atoms with Crippen LogP contribution in [0.4, 0.5) is 17.6 Å². The van der Waals surface area contributed by atoms with Gasteiger partial charge in [0.15, 0.2) is 17.5 Å². The van der Waals surface area contributed by atoms with Crippen LogP contribution in [0.25, 0.3) is 11.1 Å². The summed E-state index contributed by atoms with van der Waals surface area (Å²) in [6.45, 7) is -0.280. The summed E-state index contributed by atoms with van der Waals surface area (Å²) in [5.74, 6) is -6.29. The van der Waals surface area contributed by atoms with Crippen LogP contribution in [-0.4, -0.2) is 16.1 Å². The molecule has 3 aromatic rings. The molecule has 1 N–H and O–H groups in total. The molecule has 170 valence electrons. The lowest BCUT2D eigenvalue weighted by Crippen LogP contribution is -2.04. The van der Waals surface area contributed by atoms with Crippen LogP contribution in [0.1, 0.15) is 46.3 Å². The summed E-state index contributed by atoms with van der Waals surface area (Å²) in [5.41, 5.74) is 2.30. The number of nitrogens with zero attached hydrogens (tertiary/aromatic N) is 1. The number of allylic oxidation sites excluding steroid dienone is 2. The number of hydrogen-bond donors (Lipinski definition) is 1. The molecule has 0 aliphatic heterocycles. The smallest absolute Gasteiger partial charge is 0.338 e. The van der Waals surface area contributed by atoms with Gasteiger partial charge in [-0.15, -0.1) is 0 Å². The van der Waals surface area contributed by atoms with Gasteiger partial charge in [0, 0.05) is 11.8 Å². The minimum atomic E-state index is -1.56. The number of carboxylic acids is 1. The predicted molar refractivity (Wildman–Crippen MR) is 114 cm³/mol. The maximum atomic E-state index is 13.9. The average molecular weight is 478 g/mol. The summed E-state index contributed by atoms with van der Waals surface area (Å²) < 4.78 is 59.8. The molecular formula is C24H16ClF4NO3. The molecule has 9 heteroatoms. The van der Waals surface area contributed by atoms with E-state index in [1.807, 2.05) is 0 Å². The van der Waals surface area contributed by atoms with Gasteiger partial charge in [-0.25, -0.2) is 27.3 Å². The molecule has 2 aromatic carbocycles. The van der Waals surface area contributed by atoms with Crippen molar-refractivity contribution in [2.75, 3.05) is 0 Å². The normalized spacial score (nSPS) is 13.5. The molecule has 0 radical (unpaired) electrons. The Labute approximate surface area is 191 Å². The Morgan fingerprint density at radius 3 is 2.39 bits per heavy atom. The van der Waals surface area contributed by atoms with Crippen LogP contribution < -0.4 is 4.74 Å². The maximum Gasteiger partial charge on any atom is 0.338 e. The van der Waals surface area contributed by atoms with Gasteiger partial charge in [-0.3, -0.25) is 0 Å². The van der Waals surface area contributed by atoms with Crippen LogP contribution >= 0.6 is 11.6 Å². The standard InChI is InChI=1S/C24H16ClF4NO3/c25-14-9-17(23(30-10-14)33-11-12-6-20(27)22(29)21(28)7-12)16-3-1-2-15(16)13-4-5-19(26)18(8-13)24(31)32/h4-10H,1-3,11H2,(H,31,32). The van der Waals surface area contributed by atoms with Crippen molar-refractivity contribution in [3.63, 3.8) is 0 Å².